The third kappa shape index (κ3) is 3.25. The van der Waals surface area contributed by atoms with Gasteiger partial charge in [0.2, 0.25) is 0 Å². The fourth-order valence-electron chi connectivity index (χ4n) is 1.58. The maximum atomic E-state index is 11.6. The molecule has 1 amide bonds. The van der Waals surface area contributed by atoms with Crippen LogP contribution in [0.2, 0.25) is 0 Å². The molecule has 0 aromatic carbocycles. The number of anilines is 2. The van der Waals surface area contributed by atoms with E-state index in [1.165, 1.54) is 6.20 Å². The number of pyridine rings is 2. The van der Waals surface area contributed by atoms with Gasteiger partial charge in [0.25, 0.3) is 0 Å². The van der Waals surface area contributed by atoms with Gasteiger partial charge in [-0.2, -0.15) is 0 Å². The first kappa shape index (κ1) is 13.9. The van der Waals surface area contributed by atoms with Crippen LogP contribution in [0.5, 0.6) is 0 Å². The van der Waals surface area contributed by atoms with Crippen molar-refractivity contribution in [2.75, 3.05) is 11.2 Å². The van der Waals surface area contributed by atoms with Gasteiger partial charge in [0.05, 0.1) is 17.4 Å². The number of nitrogens with one attached hydrogen (secondary N) is 2. The third-order valence-corrected chi connectivity index (χ3v) is 2.34. The topological polar surface area (TPSA) is 102 Å². The van der Waals surface area contributed by atoms with E-state index in [9.17, 15) is 4.79 Å². The summed E-state index contributed by atoms with van der Waals surface area (Å²) in [7, 11) is 0. The van der Waals surface area contributed by atoms with Crippen LogP contribution in [0.4, 0.5) is 16.2 Å². The molecule has 0 radical (unpaired) electrons. The molecule has 0 bridgehead atoms. The summed E-state index contributed by atoms with van der Waals surface area (Å²) in [5, 5.41) is 0. The summed E-state index contributed by atoms with van der Waals surface area (Å²) in [5.41, 5.74) is 12.5. The zero-order valence-electron chi connectivity index (χ0n) is 11.6. The van der Waals surface area contributed by atoms with Gasteiger partial charge in [0.15, 0.2) is 0 Å². The van der Waals surface area contributed by atoms with Crippen LogP contribution in [-0.2, 0) is 4.74 Å². The number of hydrogen-bond acceptors (Lipinski definition) is 6. The van der Waals surface area contributed by atoms with Crippen molar-refractivity contribution in [3.05, 3.63) is 24.5 Å². The molecule has 0 atom stereocenters. The van der Waals surface area contributed by atoms with E-state index in [1.807, 2.05) is 0 Å². The Morgan fingerprint density at radius 3 is 2.80 bits per heavy atom. The number of nitrogen functional groups attached to an aromatic ring is 1. The van der Waals surface area contributed by atoms with Crippen molar-refractivity contribution in [2.45, 2.75) is 26.4 Å². The van der Waals surface area contributed by atoms with Crippen molar-refractivity contribution < 1.29 is 9.53 Å². The van der Waals surface area contributed by atoms with E-state index in [0.717, 1.165) is 0 Å². The highest BCUT2D eigenvalue weighted by Crippen LogP contribution is 2.24. The number of ether oxygens (including phenoxy) is 1. The monoisotopic (exact) mass is 275 g/mol. The molecule has 7 heteroatoms. The fraction of sp³-hybridized carbons (Fsp3) is 0.308. The largest absolute Gasteiger partial charge is 0.443 e. The summed E-state index contributed by atoms with van der Waals surface area (Å²) in [6.07, 6.45) is 2.53. The smallest absolute Gasteiger partial charge is 0.426 e. The summed E-state index contributed by atoms with van der Waals surface area (Å²) in [4.78, 5) is 20.0. The molecule has 2 aromatic rings. The normalized spacial score (nSPS) is 11.2. The molecular formula is C13H17N5O2. The maximum Gasteiger partial charge on any atom is 0.426 e. The Morgan fingerprint density at radius 1 is 1.35 bits per heavy atom. The van der Waals surface area contributed by atoms with E-state index in [4.69, 9.17) is 10.5 Å². The summed E-state index contributed by atoms with van der Waals surface area (Å²) in [5.74, 6) is 0. The molecule has 0 aliphatic rings. The molecule has 0 aliphatic carbocycles. The van der Waals surface area contributed by atoms with Crippen molar-refractivity contribution >= 4 is 28.5 Å². The van der Waals surface area contributed by atoms with E-state index in [1.54, 1.807) is 39.1 Å². The van der Waals surface area contributed by atoms with Crippen molar-refractivity contribution in [3.8, 4) is 0 Å². The Hall–Kier alpha value is -2.57. The molecule has 2 heterocycles. The van der Waals surface area contributed by atoms with E-state index < -0.39 is 11.7 Å². The number of nitrogens with zero attached hydrogens (tertiary/aromatic N) is 2. The summed E-state index contributed by atoms with van der Waals surface area (Å²) in [6, 6.07) is 3.58. The quantitative estimate of drug-likeness (QED) is 0.725. The molecule has 20 heavy (non-hydrogen) atoms. The highest BCUT2D eigenvalue weighted by molar-refractivity contribution is 5.94. The van der Waals surface area contributed by atoms with Gasteiger partial charge in [-0.15, -0.1) is 0 Å². The summed E-state index contributed by atoms with van der Waals surface area (Å²) in [6.45, 7) is 5.35. The first-order valence-corrected chi connectivity index (χ1v) is 6.11. The Bertz CT molecular complexity index is 636. The van der Waals surface area contributed by atoms with Gasteiger partial charge in [0.1, 0.15) is 16.8 Å². The van der Waals surface area contributed by atoms with Crippen molar-refractivity contribution in [2.24, 2.45) is 0 Å². The Balaban J connectivity index is 2.18. The molecule has 106 valence electrons. The van der Waals surface area contributed by atoms with E-state index in [-0.39, 0.29) is 0 Å². The average molecular weight is 275 g/mol. The predicted molar refractivity (Wildman–Crippen MR) is 76.9 cm³/mol. The van der Waals surface area contributed by atoms with Crippen molar-refractivity contribution in [1.29, 1.82) is 0 Å². The Kier molecular flexibility index (Phi) is 3.60. The standard InChI is InChI=1S/C13H17N5O2/c1-13(2,3)20-12(19)18-17-10-8(14)7-16-9-5-4-6-15-11(9)10/h4-7H,14H2,1-3H3,(H,16,17)(H,18,19). The lowest BCUT2D eigenvalue weighted by Crippen LogP contribution is -2.36. The zero-order valence-corrected chi connectivity index (χ0v) is 11.6. The molecule has 4 N–H and O–H groups in total. The van der Waals surface area contributed by atoms with Crippen LogP contribution in [0.15, 0.2) is 24.5 Å². The number of aromatic nitrogens is 2. The van der Waals surface area contributed by atoms with Crippen LogP contribution in [0.1, 0.15) is 20.8 Å². The molecule has 2 aromatic heterocycles. The van der Waals surface area contributed by atoms with E-state index in [2.05, 4.69) is 20.8 Å². The lowest BCUT2D eigenvalue weighted by Gasteiger charge is -2.20. The van der Waals surface area contributed by atoms with Crippen molar-refractivity contribution in [1.82, 2.24) is 15.4 Å². The van der Waals surface area contributed by atoms with Crippen molar-refractivity contribution in [3.63, 3.8) is 0 Å². The van der Waals surface area contributed by atoms with Crippen LogP contribution in [0.25, 0.3) is 11.0 Å². The minimum absolute atomic E-state index is 0.382. The van der Waals surface area contributed by atoms with E-state index in [0.29, 0.717) is 22.4 Å². The second-order valence-corrected chi connectivity index (χ2v) is 5.21. The zero-order chi connectivity index (χ0) is 14.8. The molecule has 0 unspecified atom stereocenters. The third-order valence-electron chi connectivity index (χ3n) is 2.34. The average Bonchev–Trinajstić information content (AvgIpc) is 2.35. The first-order chi connectivity index (χ1) is 9.37. The number of nitrogens with two attached hydrogens (primary N) is 1. The molecule has 7 nitrogen and oxygen atoms in total. The van der Waals surface area contributed by atoms with Crippen LogP contribution < -0.4 is 16.6 Å². The highest BCUT2D eigenvalue weighted by Gasteiger charge is 2.16. The summed E-state index contributed by atoms with van der Waals surface area (Å²) >= 11 is 0. The van der Waals surface area contributed by atoms with Gasteiger partial charge >= 0.3 is 6.09 Å². The number of fused-ring (bicyclic) bond motifs is 1. The second kappa shape index (κ2) is 5.20. The highest BCUT2D eigenvalue weighted by atomic mass is 16.6. The number of carbonyl (C=O) groups is 1. The molecule has 2 rings (SSSR count). The Morgan fingerprint density at radius 2 is 2.10 bits per heavy atom. The number of amides is 1. The SMILES string of the molecule is CC(C)(C)OC(=O)NNc1c(N)cnc2cccnc12. The lowest BCUT2D eigenvalue weighted by atomic mass is 10.2. The molecule has 0 saturated carbocycles. The molecule has 0 saturated heterocycles. The molecule has 0 spiro atoms. The molecule has 0 fully saturated rings. The molecule has 0 aliphatic heterocycles. The van der Waals surface area contributed by atoms with Gasteiger partial charge in [0, 0.05) is 6.20 Å². The van der Waals surface area contributed by atoms with Crippen LogP contribution in [0, 0.1) is 0 Å². The first-order valence-electron chi connectivity index (χ1n) is 6.11. The van der Waals surface area contributed by atoms with E-state index >= 15 is 0 Å². The number of rotatable bonds is 2. The number of carbonyl (C=O) groups excluding carboxylic acids is 1. The maximum absolute atomic E-state index is 11.6. The van der Waals surface area contributed by atoms with Gasteiger partial charge in [-0.1, -0.05) is 0 Å². The minimum atomic E-state index is -0.599. The Labute approximate surface area is 116 Å². The van der Waals surface area contributed by atoms with Crippen LogP contribution in [0.3, 0.4) is 0 Å². The number of hydrogen-bond donors (Lipinski definition) is 3. The second-order valence-electron chi connectivity index (χ2n) is 5.21. The molecular weight excluding hydrogens is 258 g/mol. The van der Waals surface area contributed by atoms with Gasteiger partial charge < -0.3 is 10.5 Å². The van der Waals surface area contributed by atoms with Crippen LogP contribution in [-0.4, -0.2) is 21.7 Å². The fourth-order valence-corrected chi connectivity index (χ4v) is 1.58. The minimum Gasteiger partial charge on any atom is -0.443 e. The predicted octanol–water partition coefficient (Wildman–Crippen LogP) is 2.06. The summed E-state index contributed by atoms with van der Waals surface area (Å²) < 4.78 is 5.12. The lowest BCUT2D eigenvalue weighted by molar-refractivity contribution is 0.0541. The van der Waals surface area contributed by atoms with Crippen LogP contribution >= 0.6 is 0 Å². The van der Waals surface area contributed by atoms with Gasteiger partial charge in [-0.3, -0.25) is 15.4 Å². The van der Waals surface area contributed by atoms with Gasteiger partial charge in [-0.25, -0.2) is 10.2 Å². The van der Waals surface area contributed by atoms with Gasteiger partial charge in [-0.05, 0) is 32.9 Å². The number of hydrazine groups is 1.